The molecule has 8 heteroatoms. The molecule has 1 aromatic heterocycles. The van der Waals surface area contributed by atoms with Gasteiger partial charge in [0.15, 0.2) is 0 Å². The Morgan fingerprint density at radius 2 is 1.76 bits per heavy atom. The predicted octanol–water partition coefficient (Wildman–Crippen LogP) is 1.92. The topological polar surface area (TPSA) is 105 Å². The summed E-state index contributed by atoms with van der Waals surface area (Å²) in [6.45, 7) is 11.9. The molecule has 2 amide bonds. The first kappa shape index (κ1) is 20.7. The van der Waals surface area contributed by atoms with E-state index in [-0.39, 0.29) is 5.91 Å². The Kier molecular flexibility index (Phi) is 7.60. The summed E-state index contributed by atoms with van der Waals surface area (Å²) in [6, 6.07) is 1.25. The highest BCUT2D eigenvalue weighted by atomic mass is 16.6. The summed E-state index contributed by atoms with van der Waals surface area (Å²) < 4.78 is 5.12. The summed E-state index contributed by atoms with van der Waals surface area (Å²) in [5, 5.41) is 8.40. The van der Waals surface area contributed by atoms with Crippen molar-refractivity contribution in [3.8, 4) is 0 Å². The van der Waals surface area contributed by atoms with E-state index in [1.54, 1.807) is 27.7 Å². The number of anilines is 1. The van der Waals surface area contributed by atoms with Crippen molar-refractivity contribution in [2.75, 3.05) is 18.4 Å². The van der Waals surface area contributed by atoms with Gasteiger partial charge in [-0.2, -0.15) is 0 Å². The molecule has 25 heavy (non-hydrogen) atoms. The number of carbonyl (C=O) groups excluding carboxylic acids is 2. The van der Waals surface area contributed by atoms with Crippen LogP contribution in [-0.2, 0) is 9.53 Å². The number of rotatable bonds is 7. The number of nitrogens with one attached hydrogen (secondary N) is 3. The second kappa shape index (κ2) is 9.19. The third-order valence-corrected chi connectivity index (χ3v) is 3.04. The molecule has 8 nitrogen and oxygen atoms in total. The minimum Gasteiger partial charge on any atom is -0.444 e. The smallest absolute Gasteiger partial charge is 0.408 e. The van der Waals surface area contributed by atoms with Crippen molar-refractivity contribution in [1.82, 2.24) is 20.6 Å². The van der Waals surface area contributed by atoms with Gasteiger partial charge < -0.3 is 20.7 Å². The van der Waals surface area contributed by atoms with Crippen molar-refractivity contribution in [3.63, 3.8) is 0 Å². The standard InChI is InChI=1S/C17H29N5O3/c1-11-10-12(2)21-15(20-11)19-9-7-8-18-14(23)13(3)22-16(24)25-17(4,5)6/h10,13H,7-9H2,1-6H3,(H,18,23)(H,22,24)(H,19,20,21)/t13-/m0/s1. The van der Waals surface area contributed by atoms with Gasteiger partial charge in [-0.15, -0.1) is 0 Å². The van der Waals surface area contributed by atoms with Gasteiger partial charge in [-0.1, -0.05) is 0 Å². The number of carbonyl (C=O) groups is 2. The molecule has 0 aliphatic heterocycles. The zero-order chi connectivity index (χ0) is 19.0. The Bertz CT molecular complexity index is 578. The normalized spacial score (nSPS) is 12.2. The van der Waals surface area contributed by atoms with Crippen molar-refractivity contribution in [3.05, 3.63) is 17.5 Å². The first-order valence-electron chi connectivity index (χ1n) is 8.40. The molecule has 0 aromatic carbocycles. The van der Waals surface area contributed by atoms with E-state index < -0.39 is 17.7 Å². The summed E-state index contributed by atoms with van der Waals surface area (Å²) in [5.74, 6) is 0.331. The summed E-state index contributed by atoms with van der Waals surface area (Å²) in [6.07, 6.45) is 0.102. The van der Waals surface area contributed by atoms with Crippen LogP contribution in [0, 0.1) is 13.8 Å². The molecule has 0 aliphatic carbocycles. The molecule has 0 radical (unpaired) electrons. The lowest BCUT2D eigenvalue weighted by atomic mass is 10.2. The van der Waals surface area contributed by atoms with E-state index in [0.717, 1.165) is 11.4 Å². The number of alkyl carbamates (subject to hydrolysis) is 1. The molecule has 1 heterocycles. The minimum atomic E-state index is -0.662. The van der Waals surface area contributed by atoms with E-state index in [4.69, 9.17) is 4.74 Å². The number of hydrogen-bond donors (Lipinski definition) is 3. The number of aryl methyl sites for hydroxylation is 2. The maximum absolute atomic E-state index is 11.9. The van der Waals surface area contributed by atoms with Crippen molar-refractivity contribution < 1.29 is 14.3 Å². The lowest BCUT2D eigenvalue weighted by molar-refractivity contribution is -0.122. The fourth-order valence-corrected chi connectivity index (χ4v) is 2.01. The SMILES string of the molecule is Cc1cc(C)nc(NCCCNC(=O)[C@H](C)NC(=O)OC(C)(C)C)n1. The molecule has 1 aromatic rings. The number of amides is 2. The predicted molar refractivity (Wildman–Crippen MR) is 96.5 cm³/mol. The number of aromatic nitrogens is 2. The molecule has 0 spiro atoms. The second-order valence-electron chi connectivity index (χ2n) is 6.91. The molecule has 0 saturated carbocycles. The van der Waals surface area contributed by atoms with Gasteiger partial charge >= 0.3 is 6.09 Å². The van der Waals surface area contributed by atoms with E-state index >= 15 is 0 Å². The molecule has 1 rings (SSSR count). The van der Waals surface area contributed by atoms with Crippen molar-refractivity contribution in [2.24, 2.45) is 0 Å². The Morgan fingerprint density at radius 1 is 1.16 bits per heavy atom. The van der Waals surface area contributed by atoms with Crippen LogP contribution >= 0.6 is 0 Å². The third kappa shape index (κ3) is 8.88. The number of ether oxygens (including phenoxy) is 1. The van der Waals surface area contributed by atoms with Crippen LogP contribution in [0.25, 0.3) is 0 Å². The second-order valence-corrected chi connectivity index (χ2v) is 6.91. The molecular weight excluding hydrogens is 322 g/mol. The lowest BCUT2D eigenvalue weighted by Gasteiger charge is -2.21. The highest BCUT2D eigenvalue weighted by Crippen LogP contribution is 2.06. The Hall–Kier alpha value is -2.38. The van der Waals surface area contributed by atoms with Crippen LogP contribution in [0.4, 0.5) is 10.7 Å². The molecule has 3 N–H and O–H groups in total. The molecule has 0 unspecified atom stereocenters. The van der Waals surface area contributed by atoms with Crippen LogP contribution in [0.15, 0.2) is 6.07 Å². The van der Waals surface area contributed by atoms with Gasteiger partial charge in [0.2, 0.25) is 11.9 Å². The average Bonchev–Trinajstić information content (AvgIpc) is 2.43. The van der Waals surface area contributed by atoms with Gasteiger partial charge in [-0.25, -0.2) is 14.8 Å². The zero-order valence-corrected chi connectivity index (χ0v) is 15.9. The van der Waals surface area contributed by atoms with Gasteiger partial charge in [-0.3, -0.25) is 4.79 Å². The fraction of sp³-hybridized carbons (Fsp3) is 0.647. The Balaban J connectivity index is 2.24. The van der Waals surface area contributed by atoms with E-state index in [9.17, 15) is 9.59 Å². The van der Waals surface area contributed by atoms with Crippen LogP contribution in [0.5, 0.6) is 0 Å². The van der Waals surface area contributed by atoms with Gasteiger partial charge in [-0.05, 0) is 54.0 Å². The monoisotopic (exact) mass is 351 g/mol. The summed E-state index contributed by atoms with van der Waals surface area (Å²) in [5.41, 5.74) is 1.22. The lowest BCUT2D eigenvalue weighted by Crippen LogP contribution is -2.46. The quantitative estimate of drug-likeness (QED) is 0.648. The Labute approximate surface area is 149 Å². The van der Waals surface area contributed by atoms with Crippen molar-refractivity contribution >= 4 is 17.9 Å². The van der Waals surface area contributed by atoms with E-state index in [0.29, 0.717) is 25.5 Å². The number of nitrogens with zero attached hydrogens (tertiary/aromatic N) is 2. The van der Waals surface area contributed by atoms with E-state index in [1.165, 1.54) is 0 Å². The highest BCUT2D eigenvalue weighted by molar-refractivity contribution is 5.85. The largest absolute Gasteiger partial charge is 0.444 e. The minimum absolute atomic E-state index is 0.256. The molecule has 0 bridgehead atoms. The molecule has 0 aliphatic rings. The number of hydrogen-bond acceptors (Lipinski definition) is 6. The first-order valence-corrected chi connectivity index (χ1v) is 8.40. The summed E-state index contributed by atoms with van der Waals surface area (Å²) in [7, 11) is 0. The van der Waals surface area contributed by atoms with Crippen LogP contribution in [0.2, 0.25) is 0 Å². The highest BCUT2D eigenvalue weighted by Gasteiger charge is 2.20. The maximum atomic E-state index is 11.9. The van der Waals surface area contributed by atoms with Crippen molar-refractivity contribution in [2.45, 2.75) is 59.6 Å². The Morgan fingerprint density at radius 3 is 2.32 bits per heavy atom. The van der Waals surface area contributed by atoms with Crippen LogP contribution in [-0.4, -0.2) is 46.7 Å². The van der Waals surface area contributed by atoms with Gasteiger partial charge in [0.05, 0.1) is 0 Å². The molecule has 0 saturated heterocycles. The van der Waals surface area contributed by atoms with Gasteiger partial charge in [0.1, 0.15) is 11.6 Å². The van der Waals surface area contributed by atoms with Crippen LogP contribution in [0.3, 0.4) is 0 Å². The summed E-state index contributed by atoms with van der Waals surface area (Å²) in [4.78, 5) is 32.1. The molecule has 1 atom stereocenters. The van der Waals surface area contributed by atoms with Crippen LogP contribution < -0.4 is 16.0 Å². The third-order valence-electron chi connectivity index (χ3n) is 3.04. The maximum Gasteiger partial charge on any atom is 0.408 e. The van der Waals surface area contributed by atoms with Crippen molar-refractivity contribution in [1.29, 1.82) is 0 Å². The average molecular weight is 351 g/mol. The van der Waals surface area contributed by atoms with E-state index in [1.807, 2.05) is 19.9 Å². The van der Waals surface area contributed by atoms with Gasteiger partial charge in [0.25, 0.3) is 0 Å². The zero-order valence-electron chi connectivity index (χ0n) is 15.9. The molecule has 0 fully saturated rings. The fourth-order valence-electron chi connectivity index (χ4n) is 2.01. The molecule has 140 valence electrons. The van der Waals surface area contributed by atoms with Crippen LogP contribution in [0.1, 0.15) is 45.5 Å². The first-order chi connectivity index (χ1) is 11.6. The molecular formula is C17H29N5O3. The summed E-state index contributed by atoms with van der Waals surface area (Å²) >= 11 is 0. The van der Waals surface area contributed by atoms with Gasteiger partial charge in [0, 0.05) is 24.5 Å². The van der Waals surface area contributed by atoms with E-state index in [2.05, 4.69) is 25.9 Å².